The SMILES string of the molecule is CN1CCCN(C[C@H]2C[C@H](CO)CN(C(=O)c3ccon3)C2)CC1. The van der Waals surface area contributed by atoms with E-state index in [1.165, 1.54) is 12.7 Å². The van der Waals surface area contributed by atoms with Gasteiger partial charge in [0, 0.05) is 45.4 Å². The fraction of sp³-hybridized carbons (Fsp3) is 0.765. The highest BCUT2D eigenvalue weighted by Crippen LogP contribution is 2.24. The van der Waals surface area contributed by atoms with E-state index < -0.39 is 0 Å². The molecule has 0 bridgehead atoms. The topological polar surface area (TPSA) is 73.1 Å². The summed E-state index contributed by atoms with van der Waals surface area (Å²) in [6.07, 6.45) is 3.59. The highest BCUT2D eigenvalue weighted by molar-refractivity contribution is 5.92. The van der Waals surface area contributed by atoms with Gasteiger partial charge in [-0.3, -0.25) is 4.79 Å². The van der Waals surface area contributed by atoms with E-state index in [9.17, 15) is 9.90 Å². The molecular formula is C17H28N4O3. The number of aliphatic hydroxyl groups excluding tert-OH is 1. The lowest BCUT2D eigenvalue weighted by atomic mass is 9.89. The molecule has 0 unspecified atom stereocenters. The average Bonchev–Trinajstić information content (AvgIpc) is 3.05. The highest BCUT2D eigenvalue weighted by Gasteiger charge is 2.32. The summed E-state index contributed by atoms with van der Waals surface area (Å²) < 4.78 is 4.79. The molecule has 3 rings (SSSR count). The molecule has 2 aliphatic rings. The second-order valence-electron chi connectivity index (χ2n) is 7.20. The number of likely N-dealkylation sites (N-methyl/N-ethyl adjacent to an activating group) is 1. The zero-order valence-electron chi connectivity index (χ0n) is 14.4. The molecule has 0 spiro atoms. The molecule has 3 heterocycles. The first-order chi connectivity index (χ1) is 11.7. The summed E-state index contributed by atoms with van der Waals surface area (Å²) in [5, 5.41) is 13.4. The van der Waals surface area contributed by atoms with Crippen molar-refractivity contribution in [3.05, 3.63) is 18.0 Å². The Labute approximate surface area is 143 Å². The number of aromatic nitrogens is 1. The van der Waals surface area contributed by atoms with Gasteiger partial charge in [-0.15, -0.1) is 0 Å². The number of aliphatic hydroxyl groups is 1. The van der Waals surface area contributed by atoms with E-state index in [1.807, 2.05) is 4.90 Å². The van der Waals surface area contributed by atoms with Crippen LogP contribution in [-0.2, 0) is 0 Å². The third kappa shape index (κ3) is 4.34. The monoisotopic (exact) mass is 336 g/mol. The van der Waals surface area contributed by atoms with Gasteiger partial charge in [0.05, 0.1) is 0 Å². The van der Waals surface area contributed by atoms with E-state index in [1.54, 1.807) is 6.07 Å². The van der Waals surface area contributed by atoms with E-state index in [4.69, 9.17) is 4.52 Å². The van der Waals surface area contributed by atoms with Gasteiger partial charge in [0.2, 0.25) is 0 Å². The van der Waals surface area contributed by atoms with Crippen molar-refractivity contribution in [3.63, 3.8) is 0 Å². The predicted molar refractivity (Wildman–Crippen MR) is 89.6 cm³/mol. The van der Waals surface area contributed by atoms with Crippen molar-refractivity contribution in [1.29, 1.82) is 0 Å². The maximum absolute atomic E-state index is 12.6. The Morgan fingerprint density at radius 3 is 2.88 bits per heavy atom. The van der Waals surface area contributed by atoms with Crippen LogP contribution in [0.15, 0.2) is 16.9 Å². The molecule has 1 N–H and O–H groups in total. The molecule has 0 saturated carbocycles. The Hall–Kier alpha value is -1.44. The smallest absolute Gasteiger partial charge is 0.276 e. The third-order valence-electron chi connectivity index (χ3n) is 5.15. The van der Waals surface area contributed by atoms with Crippen molar-refractivity contribution in [2.24, 2.45) is 11.8 Å². The summed E-state index contributed by atoms with van der Waals surface area (Å²) in [6, 6.07) is 1.60. The minimum Gasteiger partial charge on any atom is -0.396 e. The first kappa shape index (κ1) is 17.4. The van der Waals surface area contributed by atoms with Crippen LogP contribution < -0.4 is 0 Å². The van der Waals surface area contributed by atoms with Crippen LogP contribution in [0, 0.1) is 11.8 Å². The zero-order chi connectivity index (χ0) is 16.9. The lowest BCUT2D eigenvalue weighted by Crippen LogP contribution is -2.48. The van der Waals surface area contributed by atoms with Crippen molar-refractivity contribution in [3.8, 4) is 0 Å². The number of carbonyl (C=O) groups excluding carboxylic acids is 1. The van der Waals surface area contributed by atoms with E-state index in [-0.39, 0.29) is 18.4 Å². The van der Waals surface area contributed by atoms with Crippen LogP contribution in [-0.4, -0.2) is 90.3 Å². The minimum atomic E-state index is -0.0949. The fourth-order valence-electron chi connectivity index (χ4n) is 3.88. The predicted octanol–water partition coefficient (Wildman–Crippen LogP) is 0.383. The molecule has 7 heteroatoms. The van der Waals surface area contributed by atoms with Gasteiger partial charge in [0.1, 0.15) is 6.26 Å². The van der Waals surface area contributed by atoms with Crippen LogP contribution in [0.25, 0.3) is 0 Å². The Bertz CT molecular complexity index is 522. The quantitative estimate of drug-likeness (QED) is 0.857. The van der Waals surface area contributed by atoms with Gasteiger partial charge in [-0.25, -0.2) is 0 Å². The largest absolute Gasteiger partial charge is 0.396 e. The van der Waals surface area contributed by atoms with E-state index in [0.29, 0.717) is 18.2 Å². The van der Waals surface area contributed by atoms with Gasteiger partial charge in [0.25, 0.3) is 5.91 Å². The molecule has 24 heavy (non-hydrogen) atoms. The Balaban J connectivity index is 1.61. The molecule has 1 aromatic heterocycles. The van der Waals surface area contributed by atoms with Crippen LogP contribution in [0.1, 0.15) is 23.3 Å². The van der Waals surface area contributed by atoms with Crippen molar-refractivity contribution < 1.29 is 14.4 Å². The maximum atomic E-state index is 12.6. The summed E-state index contributed by atoms with van der Waals surface area (Å²) in [4.78, 5) is 19.3. The molecule has 0 aromatic carbocycles. The van der Waals surface area contributed by atoms with E-state index >= 15 is 0 Å². The van der Waals surface area contributed by atoms with Gasteiger partial charge in [-0.2, -0.15) is 0 Å². The molecule has 1 amide bonds. The first-order valence-electron chi connectivity index (χ1n) is 8.87. The van der Waals surface area contributed by atoms with Crippen molar-refractivity contribution in [2.75, 3.05) is 59.5 Å². The van der Waals surface area contributed by atoms with E-state index in [2.05, 4.69) is 22.0 Å². The van der Waals surface area contributed by atoms with Gasteiger partial charge >= 0.3 is 0 Å². The number of piperidine rings is 1. The summed E-state index contributed by atoms with van der Waals surface area (Å²) in [7, 11) is 2.17. The summed E-state index contributed by atoms with van der Waals surface area (Å²) in [5.41, 5.74) is 0.351. The van der Waals surface area contributed by atoms with Crippen molar-refractivity contribution in [2.45, 2.75) is 12.8 Å². The van der Waals surface area contributed by atoms with Crippen LogP contribution in [0.4, 0.5) is 0 Å². The van der Waals surface area contributed by atoms with Gasteiger partial charge in [-0.05, 0) is 44.8 Å². The van der Waals surface area contributed by atoms with Crippen molar-refractivity contribution in [1.82, 2.24) is 19.9 Å². The minimum absolute atomic E-state index is 0.0949. The van der Waals surface area contributed by atoms with Crippen LogP contribution >= 0.6 is 0 Å². The molecule has 2 fully saturated rings. The third-order valence-corrected chi connectivity index (χ3v) is 5.15. The Morgan fingerprint density at radius 1 is 1.29 bits per heavy atom. The van der Waals surface area contributed by atoms with Gasteiger partial charge in [-0.1, -0.05) is 5.16 Å². The highest BCUT2D eigenvalue weighted by atomic mass is 16.5. The molecule has 0 aliphatic carbocycles. The average molecular weight is 336 g/mol. The van der Waals surface area contributed by atoms with E-state index in [0.717, 1.165) is 45.7 Å². The zero-order valence-corrected chi connectivity index (χ0v) is 14.4. The Kier molecular flexibility index (Phi) is 5.86. The molecular weight excluding hydrogens is 308 g/mol. The number of amides is 1. The first-order valence-corrected chi connectivity index (χ1v) is 8.87. The second-order valence-corrected chi connectivity index (χ2v) is 7.20. The molecule has 134 valence electrons. The standard InChI is InChI=1S/C17H28N4O3/c1-19-4-2-5-20(7-6-19)10-14-9-15(13-22)12-21(11-14)17(23)16-3-8-24-18-16/h3,8,14-15,22H,2,4-7,9-13H2,1H3/t14-,15+/m1/s1. The molecule has 2 aliphatic heterocycles. The van der Waals surface area contributed by atoms with Crippen LogP contribution in [0.5, 0.6) is 0 Å². The normalized spacial score (nSPS) is 27.2. The lowest BCUT2D eigenvalue weighted by Gasteiger charge is -2.38. The lowest BCUT2D eigenvalue weighted by molar-refractivity contribution is 0.0445. The second kappa shape index (κ2) is 8.09. The van der Waals surface area contributed by atoms with Crippen LogP contribution in [0.2, 0.25) is 0 Å². The van der Waals surface area contributed by atoms with Gasteiger partial charge < -0.3 is 24.3 Å². The fourth-order valence-corrected chi connectivity index (χ4v) is 3.88. The Morgan fingerprint density at radius 2 is 2.12 bits per heavy atom. The summed E-state index contributed by atoms with van der Waals surface area (Å²) in [6.45, 7) is 6.88. The molecule has 2 atom stereocenters. The number of carbonyl (C=O) groups is 1. The number of rotatable bonds is 4. The molecule has 7 nitrogen and oxygen atoms in total. The number of nitrogens with zero attached hydrogens (tertiary/aromatic N) is 4. The van der Waals surface area contributed by atoms with Crippen molar-refractivity contribution >= 4 is 5.91 Å². The van der Waals surface area contributed by atoms with Gasteiger partial charge in [0.15, 0.2) is 5.69 Å². The summed E-state index contributed by atoms with van der Waals surface area (Å²) >= 11 is 0. The molecule has 2 saturated heterocycles. The molecule has 0 radical (unpaired) electrons. The maximum Gasteiger partial charge on any atom is 0.276 e. The summed E-state index contributed by atoms with van der Waals surface area (Å²) in [5.74, 6) is 0.451. The molecule has 1 aromatic rings. The number of hydrogen-bond donors (Lipinski definition) is 1. The van der Waals surface area contributed by atoms with Crippen LogP contribution in [0.3, 0.4) is 0 Å². The number of likely N-dealkylation sites (tertiary alicyclic amines) is 1. The number of hydrogen-bond acceptors (Lipinski definition) is 6.